The fraction of sp³-hybridized carbons (Fsp3) is 0.188. The van der Waals surface area contributed by atoms with Crippen LogP contribution in [0.25, 0.3) is 0 Å². The second-order valence-electron chi connectivity index (χ2n) is 4.56. The highest BCUT2D eigenvalue weighted by molar-refractivity contribution is 6.02. The summed E-state index contributed by atoms with van der Waals surface area (Å²) in [6.45, 7) is 0.00184. The number of carbonyl (C=O) groups is 1. The fourth-order valence-corrected chi connectivity index (χ4v) is 1.92. The van der Waals surface area contributed by atoms with Crippen molar-refractivity contribution in [2.75, 3.05) is 23.9 Å². The molecule has 20 heavy (non-hydrogen) atoms. The Morgan fingerprint density at radius 3 is 1.90 bits per heavy atom. The molecule has 0 fully saturated rings. The Kier molecular flexibility index (Phi) is 4.38. The summed E-state index contributed by atoms with van der Waals surface area (Å²) in [4.78, 5) is 15.6. The van der Waals surface area contributed by atoms with Gasteiger partial charge in [0.1, 0.15) is 0 Å². The van der Waals surface area contributed by atoms with Crippen molar-refractivity contribution in [2.24, 2.45) is 0 Å². The maximum atomic E-state index is 12.4. The number of aliphatic hydroxyl groups excluding tert-OH is 1. The molecule has 2 aromatic rings. The molecule has 2 rings (SSSR count). The third-order valence-corrected chi connectivity index (χ3v) is 3.22. The van der Waals surface area contributed by atoms with Gasteiger partial charge in [0.15, 0.2) is 0 Å². The molecular formula is C16H18N2O2. The molecule has 0 radical (unpaired) electrons. The average molecular weight is 270 g/mol. The second kappa shape index (κ2) is 6.21. The van der Waals surface area contributed by atoms with Crippen molar-refractivity contribution in [2.45, 2.75) is 6.61 Å². The highest BCUT2D eigenvalue weighted by Crippen LogP contribution is 2.18. The first kappa shape index (κ1) is 14.1. The molecule has 0 atom stereocenters. The number of para-hydroxylation sites is 1. The Labute approximate surface area is 118 Å². The summed E-state index contributed by atoms with van der Waals surface area (Å²) < 4.78 is 0. The van der Waals surface area contributed by atoms with Crippen molar-refractivity contribution in [3.63, 3.8) is 0 Å². The zero-order valence-corrected chi connectivity index (χ0v) is 11.7. The van der Waals surface area contributed by atoms with Crippen molar-refractivity contribution in [1.29, 1.82) is 0 Å². The molecule has 0 aliphatic heterocycles. The molecule has 104 valence electrons. The van der Waals surface area contributed by atoms with Crippen molar-refractivity contribution in [3.8, 4) is 0 Å². The molecule has 0 saturated carbocycles. The lowest BCUT2D eigenvalue weighted by Crippen LogP contribution is -2.38. The van der Waals surface area contributed by atoms with E-state index in [-0.39, 0.29) is 12.6 Å². The normalized spacial score (nSPS) is 10.2. The van der Waals surface area contributed by atoms with Gasteiger partial charge in [-0.25, -0.2) is 4.79 Å². The minimum absolute atomic E-state index is 0.00184. The number of carbonyl (C=O) groups excluding carboxylic acids is 1. The third-order valence-electron chi connectivity index (χ3n) is 3.22. The number of urea groups is 1. The lowest BCUT2D eigenvalue weighted by Gasteiger charge is -2.25. The van der Waals surface area contributed by atoms with Crippen LogP contribution in [0.3, 0.4) is 0 Å². The van der Waals surface area contributed by atoms with Crippen LogP contribution in [0.1, 0.15) is 5.56 Å². The van der Waals surface area contributed by atoms with Crippen LogP contribution < -0.4 is 9.80 Å². The summed E-state index contributed by atoms with van der Waals surface area (Å²) in [5.41, 5.74) is 2.46. The Balaban J connectivity index is 2.15. The zero-order chi connectivity index (χ0) is 14.5. The van der Waals surface area contributed by atoms with E-state index in [1.165, 1.54) is 0 Å². The number of aliphatic hydroxyl groups is 1. The average Bonchev–Trinajstić information content (AvgIpc) is 2.53. The van der Waals surface area contributed by atoms with Gasteiger partial charge in [-0.05, 0) is 29.8 Å². The van der Waals surface area contributed by atoms with E-state index >= 15 is 0 Å². The number of nitrogens with zero attached hydrogens (tertiary/aromatic N) is 2. The Bertz CT molecular complexity index is 567. The van der Waals surface area contributed by atoms with Crippen LogP contribution in [-0.4, -0.2) is 25.2 Å². The van der Waals surface area contributed by atoms with Gasteiger partial charge in [-0.3, -0.25) is 9.80 Å². The third kappa shape index (κ3) is 2.97. The van der Waals surface area contributed by atoms with Crippen LogP contribution in [-0.2, 0) is 6.61 Å². The van der Waals surface area contributed by atoms with E-state index in [9.17, 15) is 4.79 Å². The number of hydrogen-bond acceptors (Lipinski definition) is 2. The summed E-state index contributed by atoms with van der Waals surface area (Å²) in [5, 5.41) is 9.02. The number of rotatable bonds is 3. The van der Waals surface area contributed by atoms with Crippen LogP contribution in [0.15, 0.2) is 54.6 Å². The van der Waals surface area contributed by atoms with Crippen molar-refractivity contribution in [3.05, 3.63) is 60.2 Å². The van der Waals surface area contributed by atoms with E-state index in [1.54, 1.807) is 23.9 Å². The second-order valence-corrected chi connectivity index (χ2v) is 4.56. The monoisotopic (exact) mass is 270 g/mol. The number of anilines is 2. The number of amides is 2. The van der Waals surface area contributed by atoms with Gasteiger partial charge >= 0.3 is 6.03 Å². The molecular weight excluding hydrogens is 252 g/mol. The van der Waals surface area contributed by atoms with Gasteiger partial charge in [0.2, 0.25) is 0 Å². The minimum atomic E-state index is -0.118. The number of benzene rings is 2. The SMILES string of the molecule is CN(C(=O)N(C)c1ccc(CO)cc1)c1ccccc1. The van der Waals surface area contributed by atoms with Gasteiger partial charge in [-0.2, -0.15) is 0 Å². The Hall–Kier alpha value is -2.33. The van der Waals surface area contributed by atoms with E-state index in [2.05, 4.69) is 0 Å². The van der Waals surface area contributed by atoms with Crippen LogP contribution in [0.4, 0.5) is 16.2 Å². The summed E-state index contributed by atoms with van der Waals surface area (Å²) in [5.74, 6) is 0. The van der Waals surface area contributed by atoms with Crippen molar-refractivity contribution < 1.29 is 9.90 Å². The standard InChI is InChI=1S/C16H18N2O2/c1-17(14-6-4-3-5-7-14)16(20)18(2)15-10-8-13(12-19)9-11-15/h3-11,19H,12H2,1-2H3. The molecule has 0 bridgehead atoms. The van der Waals surface area contributed by atoms with Crippen LogP contribution in [0, 0.1) is 0 Å². The molecule has 2 amide bonds. The van der Waals surface area contributed by atoms with E-state index in [4.69, 9.17) is 5.11 Å². The molecule has 0 spiro atoms. The highest BCUT2D eigenvalue weighted by Gasteiger charge is 2.16. The van der Waals surface area contributed by atoms with E-state index in [0.29, 0.717) is 0 Å². The predicted octanol–water partition coefficient (Wildman–Crippen LogP) is 2.87. The lowest BCUT2D eigenvalue weighted by atomic mass is 10.2. The fourth-order valence-electron chi connectivity index (χ4n) is 1.92. The molecule has 0 aliphatic carbocycles. The Morgan fingerprint density at radius 1 is 0.900 bits per heavy atom. The van der Waals surface area contributed by atoms with Gasteiger partial charge in [0.05, 0.1) is 6.61 Å². The first-order chi connectivity index (χ1) is 9.63. The summed E-state index contributed by atoms with van der Waals surface area (Å²) in [7, 11) is 3.48. The first-order valence-electron chi connectivity index (χ1n) is 6.39. The summed E-state index contributed by atoms with van der Waals surface area (Å²) >= 11 is 0. The summed E-state index contributed by atoms with van der Waals surface area (Å²) in [6, 6.07) is 16.6. The van der Waals surface area contributed by atoms with Gasteiger partial charge in [0, 0.05) is 25.5 Å². The summed E-state index contributed by atoms with van der Waals surface area (Å²) in [6.07, 6.45) is 0. The molecule has 0 heterocycles. The molecule has 2 aromatic carbocycles. The topological polar surface area (TPSA) is 43.8 Å². The van der Waals surface area contributed by atoms with Gasteiger partial charge in [0.25, 0.3) is 0 Å². The largest absolute Gasteiger partial charge is 0.392 e. The predicted molar refractivity (Wildman–Crippen MR) is 81.0 cm³/mol. The van der Waals surface area contributed by atoms with Gasteiger partial charge in [-0.1, -0.05) is 30.3 Å². The van der Waals surface area contributed by atoms with Crippen LogP contribution in [0.5, 0.6) is 0 Å². The zero-order valence-electron chi connectivity index (χ0n) is 11.7. The lowest BCUT2D eigenvalue weighted by molar-refractivity contribution is 0.253. The van der Waals surface area contributed by atoms with Gasteiger partial charge < -0.3 is 5.11 Å². The smallest absolute Gasteiger partial charge is 0.328 e. The molecule has 1 N–H and O–H groups in total. The molecule has 4 nitrogen and oxygen atoms in total. The van der Waals surface area contributed by atoms with E-state index in [0.717, 1.165) is 16.9 Å². The minimum Gasteiger partial charge on any atom is -0.392 e. The molecule has 0 unspecified atom stereocenters. The highest BCUT2D eigenvalue weighted by atomic mass is 16.3. The Morgan fingerprint density at radius 2 is 1.40 bits per heavy atom. The maximum Gasteiger partial charge on any atom is 0.328 e. The van der Waals surface area contributed by atoms with E-state index in [1.807, 2.05) is 54.6 Å². The number of hydrogen-bond donors (Lipinski definition) is 1. The molecule has 0 aliphatic rings. The van der Waals surface area contributed by atoms with Crippen molar-refractivity contribution >= 4 is 17.4 Å². The molecule has 0 aromatic heterocycles. The maximum absolute atomic E-state index is 12.4. The van der Waals surface area contributed by atoms with Crippen LogP contribution in [0.2, 0.25) is 0 Å². The first-order valence-corrected chi connectivity index (χ1v) is 6.39. The van der Waals surface area contributed by atoms with E-state index < -0.39 is 0 Å². The molecule has 4 heteroatoms. The molecule has 0 saturated heterocycles. The van der Waals surface area contributed by atoms with Crippen LogP contribution >= 0.6 is 0 Å². The van der Waals surface area contributed by atoms with Crippen molar-refractivity contribution in [1.82, 2.24) is 0 Å². The quantitative estimate of drug-likeness (QED) is 0.932. The van der Waals surface area contributed by atoms with Gasteiger partial charge in [-0.15, -0.1) is 0 Å².